The van der Waals surface area contributed by atoms with Gasteiger partial charge in [0.15, 0.2) is 9.84 Å². The van der Waals surface area contributed by atoms with Gasteiger partial charge in [-0.05, 0) is 48.5 Å². The molecule has 0 aliphatic rings. The van der Waals surface area contributed by atoms with E-state index in [1.807, 2.05) is 0 Å². The number of furan rings is 1. The van der Waals surface area contributed by atoms with Crippen LogP contribution in [0.4, 0.5) is 4.39 Å². The lowest BCUT2D eigenvalue weighted by molar-refractivity contribution is 0.486. The van der Waals surface area contributed by atoms with Gasteiger partial charge in [-0.2, -0.15) is 0 Å². The second-order valence-corrected chi connectivity index (χ2v) is 9.57. The highest BCUT2D eigenvalue weighted by molar-refractivity contribution is 7.92. The van der Waals surface area contributed by atoms with Crippen molar-refractivity contribution in [3.05, 3.63) is 84.6 Å². The van der Waals surface area contributed by atoms with Gasteiger partial charge in [0.2, 0.25) is 10.0 Å². The lowest BCUT2D eigenvalue weighted by Crippen LogP contribution is -2.31. The summed E-state index contributed by atoms with van der Waals surface area (Å²) in [6.07, 6.45) is 1.30. The van der Waals surface area contributed by atoms with Gasteiger partial charge < -0.3 is 4.42 Å². The molecule has 3 rings (SSSR count). The summed E-state index contributed by atoms with van der Waals surface area (Å²) < 4.78 is 71.5. The molecule has 0 radical (unpaired) electrons. The van der Waals surface area contributed by atoms with Crippen LogP contribution >= 0.6 is 0 Å². The molecular weight excluding hydrogens is 393 g/mol. The minimum absolute atomic E-state index is 0.0161. The first-order chi connectivity index (χ1) is 12.8. The molecule has 0 unspecified atom stereocenters. The average Bonchev–Trinajstić information content (AvgIpc) is 3.17. The van der Waals surface area contributed by atoms with Crippen LogP contribution in [-0.2, 0) is 19.9 Å². The monoisotopic (exact) mass is 409 g/mol. The van der Waals surface area contributed by atoms with E-state index in [0.717, 1.165) is 24.3 Å². The summed E-state index contributed by atoms with van der Waals surface area (Å²) in [5.41, 5.74) is 0. The number of benzene rings is 2. The normalized spacial score (nSPS) is 13.4. The molecule has 0 aliphatic carbocycles. The van der Waals surface area contributed by atoms with Crippen LogP contribution in [0.25, 0.3) is 0 Å². The summed E-state index contributed by atoms with van der Waals surface area (Å²) >= 11 is 0. The van der Waals surface area contributed by atoms with Crippen LogP contribution in [0.2, 0.25) is 0 Å². The predicted molar refractivity (Wildman–Crippen MR) is 96.7 cm³/mol. The first kappa shape index (κ1) is 19.3. The molecule has 1 aromatic heterocycles. The summed E-state index contributed by atoms with van der Waals surface area (Å²) in [5, 5.41) is -1.31. The third-order valence-electron chi connectivity index (χ3n) is 3.89. The van der Waals surface area contributed by atoms with Gasteiger partial charge in [0, 0.05) is 6.54 Å². The minimum atomic E-state index is -4.03. The highest BCUT2D eigenvalue weighted by atomic mass is 32.2. The first-order valence-corrected chi connectivity index (χ1v) is 10.9. The molecule has 27 heavy (non-hydrogen) atoms. The van der Waals surface area contributed by atoms with E-state index in [1.54, 1.807) is 18.2 Å². The van der Waals surface area contributed by atoms with Crippen LogP contribution in [0.5, 0.6) is 0 Å². The molecule has 0 saturated carbocycles. The van der Waals surface area contributed by atoms with Gasteiger partial charge >= 0.3 is 0 Å². The summed E-state index contributed by atoms with van der Waals surface area (Å²) in [7, 11) is -7.94. The van der Waals surface area contributed by atoms with Crippen molar-refractivity contribution in [3.8, 4) is 0 Å². The van der Waals surface area contributed by atoms with Crippen LogP contribution in [0.15, 0.2) is 87.2 Å². The van der Waals surface area contributed by atoms with E-state index in [-0.39, 0.29) is 15.6 Å². The Morgan fingerprint density at radius 2 is 1.52 bits per heavy atom. The van der Waals surface area contributed by atoms with E-state index in [9.17, 15) is 21.2 Å². The van der Waals surface area contributed by atoms with Gasteiger partial charge in [-0.25, -0.2) is 25.9 Å². The Balaban J connectivity index is 1.92. The lowest BCUT2D eigenvalue weighted by atomic mass is 10.3. The van der Waals surface area contributed by atoms with E-state index in [2.05, 4.69) is 4.72 Å². The average molecular weight is 409 g/mol. The zero-order chi connectivity index (χ0) is 19.5. The Bertz CT molecular complexity index is 1090. The molecule has 0 fully saturated rings. The summed E-state index contributed by atoms with van der Waals surface area (Å²) in [6.45, 7) is -0.440. The van der Waals surface area contributed by atoms with Crippen LogP contribution < -0.4 is 4.72 Å². The molecule has 0 aliphatic heterocycles. The molecule has 1 heterocycles. The fourth-order valence-corrected chi connectivity index (χ4v) is 5.25. The van der Waals surface area contributed by atoms with Crippen molar-refractivity contribution in [1.82, 2.24) is 4.72 Å². The molecule has 142 valence electrons. The zero-order valence-corrected chi connectivity index (χ0v) is 15.6. The van der Waals surface area contributed by atoms with E-state index in [1.165, 1.54) is 30.5 Å². The number of halogens is 1. The number of sulfonamides is 1. The molecule has 2 aromatic carbocycles. The molecule has 1 atom stereocenters. The summed E-state index contributed by atoms with van der Waals surface area (Å²) in [6, 6.07) is 14.9. The largest absolute Gasteiger partial charge is 0.468 e. The third-order valence-corrected chi connectivity index (χ3v) is 7.41. The predicted octanol–water partition coefficient (Wildman–Crippen LogP) is 2.91. The van der Waals surface area contributed by atoms with Crippen molar-refractivity contribution in [2.24, 2.45) is 0 Å². The van der Waals surface area contributed by atoms with Gasteiger partial charge in [-0.15, -0.1) is 0 Å². The number of sulfone groups is 1. The Morgan fingerprint density at radius 1 is 0.852 bits per heavy atom. The Labute approximate surface area is 156 Å². The van der Waals surface area contributed by atoms with Gasteiger partial charge in [0.1, 0.15) is 16.8 Å². The van der Waals surface area contributed by atoms with E-state index < -0.39 is 37.5 Å². The highest BCUT2D eigenvalue weighted by Gasteiger charge is 2.32. The molecule has 0 saturated heterocycles. The number of rotatable bonds is 7. The number of hydrogen-bond acceptors (Lipinski definition) is 5. The fraction of sp³-hybridized carbons (Fsp3) is 0.111. The van der Waals surface area contributed by atoms with Crippen molar-refractivity contribution in [1.29, 1.82) is 0 Å². The van der Waals surface area contributed by atoms with E-state index >= 15 is 0 Å². The smallest absolute Gasteiger partial charge is 0.240 e. The number of hydrogen-bond donors (Lipinski definition) is 1. The van der Waals surface area contributed by atoms with Gasteiger partial charge in [0.25, 0.3) is 0 Å². The molecule has 6 nitrogen and oxygen atoms in total. The van der Waals surface area contributed by atoms with Crippen LogP contribution in [0.1, 0.15) is 11.0 Å². The number of nitrogens with one attached hydrogen (secondary N) is 1. The van der Waals surface area contributed by atoms with E-state index in [4.69, 9.17) is 4.42 Å². The van der Waals surface area contributed by atoms with Crippen molar-refractivity contribution in [2.75, 3.05) is 6.54 Å². The van der Waals surface area contributed by atoms with Gasteiger partial charge in [-0.3, -0.25) is 0 Å². The van der Waals surface area contributed by atoms with Crippen LogP contribution in [-0.4, -0.2) is 23.4 Å². The first-order valence-electron chi connectivity index (χ1n) is 7.88. The second-order valence-electron chi connectivity index (χ2n) is 5.67. The molecule has 0 amide bonds. The highest BCUT2D eigenvalue weighted by Crippen LogP contribution is 2.29. The Morgan fingerprint density at radius 3 is 2.11 bits per heavy atom. The van der Waals surface area contributed by atoms with Gasteiger partial charge in [-0.1, -0.05) is 18.2 Å². The molecule has 1 N–H and O–H groups in total. The van der Waals surface area contributed by atoms with Crippen molar-refractivity contribution < 1.29 is 25.6 Å². The molecule has 0 spiro atoms. The summed E-state index contributed by atoms with van der Waals surface area (Å²) in [4.78, 5) is -0.119. The van der Waals surface area contributed by atoms with Crippen molar-refractivity contribution in [3.63, 3.8) is 0 Å². The minimum Gasteiger partial charge on any atom is -0.468 e. The molecule has 9 heteroatoms. The topological polar surface area (TPSA) is 93.4 Å². The standard InChI is InChI=1S/C18H16FNO5S2/c19-14-8-10-15(11-9-14)26(21,22)18(17-7-4-12-25-17)13-20-27(23,24)16-5-2-1-3-6-16/h1-12,18,20H,13H2/t18-/m0/s1. The van der Waals surface area contributed by atoms with E-state index in [0.29, 0.717) is 0 Å². The summed E-state index contributed by atoms with van der Waals surface area (Å²) in [5.74, 6) is -0.497. The zero-order valence-electron chi connectivity index (χ0n) is 13.9. The SMILES string of the molecule is O=S(=O)(NC[C@@H](c1ccco1)S(=O)(=O)c1ccc(F)cc1)c1ccccc1. The fourth-order valence-electron chi connectivity index (χ4n) is 2.49. The van der Waals surface area contributed by atoms with Crippen LogP contribution in [0, 0.1) is 5.82 Å². The van der Waals surface area contributed by atoms with Crippen molar-refractivity contribution >= 4 is 19.9 Å². The van der Waals surface area contributed by atoms with Gasteiger partial charge in [0.05, 0.1) is 16.1 Å². The Hall–Kier alpha value is -2.49. The van der Waals surface area contributed by atoms with Crippen LogP contribution in [0.3, 0.4) is 0 Å². The molecule has 0 bridgehead atoms. The molecular formula is C18H16FNO5S2. The second kappa shape index (κ2) is 7.63. The maximum absolute atomic E-state index is 13.1. The lowest BCUT2D eigenvalue weighted by Gasteiger charge is -2.17. The molecule has 3 aromatic rings. The third kappa shape index (κ3) is 4.26. The Kier molecular flexibility index (Phi) is 5.45. The van der Waals surface area contributed by atoms with Crippen molar-refractivity contribution in [2.45, 2.75) is 15.0 Å². The maximum atomic E-state index is 13.1. The quantitative estimate of drug-likeness (QED) is 0.606. The maximum Gasteiger partial charge on any atom is 0.240 e.